The van der Waals surface area contributed by atoms with Gasteiger partial charge in [-0.2, -0.15) is 0 Å². The van der Waals surface area contributed by atoms with Crippen molar-refractivity contribution in [2.45, 2.75) is 25.8 Å². The molecule has 3 rings (SSSR count). The number of carbonyl (C=O) groups excluding carboxylic acids is 1. The van der Waals surface area contributed by atoms with E-state index < -0.39 is 16.1 Å². The maximum atomic E-state index is 12.6. The monoisotopic (exact) mass is 438 g/mol. The van der Waals surface area contributed by atoms with Crippen molar-refractivity contribution < 1.29 is 22.7 Å². The lowest BCUT2D eigenvalue weighted by molar-refractivity contribution is -0.121. The quantitative estimate of drug-likeness (QED) is 0.721. The van der Waals surface area contributed by atoms with Crippen LogP contribution in [0.3, 0.4) is 0 Å². The van der Waals surface area contributed by atoms with E-state index in [0.29, 0.717) is 46.5 Å². The first-order valence-electron chi connectivity index (χ1n) is 9.17. The zero-order valence-electron chi connectivity index (χ0n) is 16.2. The lowest BCUT2D eigenvalue weighted by atomic mass is 10.1. The number of hydrogen-bond donors (Lipinski definition) is 2. The Morgan fingerprint density at radius 3 is 2.69 bits per heavy atom. The van der Waals surface area contributed by atoms with E-state index in [1.54, 1.807) is 43.3 Å². The Morgan fingerprint density at radius 2 is 1.93 bits per heavy atom. The van der Waals surface area contributed by atoms with Crippen molar-refractivity contribution in [3.8, 4) is 11.5 Å². The molecule has 0 saturated carbocycles. The number of hydrogen-bond acceptors (Lipinski definition) is 5. The van der Waals surface area contributed by atoms with Crippen LogP contribution in [0, 0.1) is 0 Å². The summed E-state index contributed by atoms with van der Waals surface area (Å²) in [5, 5.41) is 3.30. The van der Waals surface area contributed by atoms with E-state index in [2.05, 4.69) is 10.0 Å². The minimum atomic E-state index is -3.43. The van der Waals surface area contributed by atoms with Crippen molar-refractivity contribution >= 4 is 33.2 Å². The number of halogens is 1. The third-order valence-corrected chi connectivity index (χ3v) is 5.20. The van der Waals surface area contributed by atoms with E-state index in [0.717, 1.165) is 12.7 Å². The van der Waals surface area contributed by atoms with Crippen molar-refractivity contribution in [2.75, 3.05) is 24.2 Å². The van der Waals surface area contributed by atoms with Gasteiger partial charge in [-0.25, -0.2) is 8.42 Å². The van der Waals surface area contributed by atoms with Crippen LogP contribution in [0.2, 0.25) is 5.02 Å². The van der Waals surface area contributed by atoms with Gasteiger partial charge in [0.1, 0.15) is 0 Å². The highest BCUT2D eigenvalue weighted by atomic mass is 35.5. The fourth-order valence-electron chi connectivity index (χ4n) is 3.11. The predicted octanol–water partition coefficient (Wildman–Crippen LogP) is 3.29. The molecule has 0 aromatic heterocycles. The first kappa shape index (κ1) is 21.3. The van der Waals surface area contributed by atoms with Crippen LogP contribution in [-0.4, -0.2) is 33.8 Å². The second-order valence-corrected chi connectivity index (χ2v) is 9.04. The number of para-hydroxylation sites is 1. The number of ether oxygens (including phenoxy) is 2. The van der Waals surface area contributed by atoms with Crippen LogP contribution < -0.4 is 19.5 Å². The fraction of sp³-hybridized carbons (Fsp3) is 0.350. The second-order valence-electron chi connectivity index (χ2n) is 6.88. The molecule has 2 N–H and O–H groups in total. The highest BCUT2D eigenvalue weighted by molar-refractivity contribution is 7.92. The average molecular weight is 439 g/mol. The van der Waals surface area contributed by atoms with Crippen LogP contribution in [0.15, 0.2) is 36.4 Å². The molecule has 0 bridgehead atoms. The molecule has 1 heterocycles. The maximum absolute atomic E-state index is 12.6. The Balaban J connectivity index is 1.72. The van der Waals surface area contributed by atoms with Gasteiger partial charge in [0, 0.05) is 6.42 Å². The summed E-state index contributed by atoms with van der Waals surface area (Å²) >= 11 is 6.29. The van der Waals surface area contributed by atoms with E-state index in [4.69, 9.17) is 21.1 Å². The molecule has 0 spiro atoms. The van der Waals surface area contributed by atoms with E-state index in [9.17, 15) is 13.2 Å². The Hall–Kier alpha value is -2.45. The molecular formula is C20H23ClN2O5S. The highest BCUT2D eigenvalue weighted by Gasteiger charge is 2.19. The Kier molecular flexibility index (Phi) is 6.54. The van der Waals surface area contributed by atoms with Gasteiger partial charge >= 0.3 is 0 Å². The normalized spacial score (nSPS) is 14.6. The molecule has 2 aromatic carbocycles. The van der Waals surface area contributed by atoms with Crippen LogP contribution >= 0.6 is 11.6 Å². The second kappa shape index (κ2) is 8.92. The van der Waals surface area contributed by atoms with Crippen molar-refractivity contribution in [1.29, 1.82) is 0 Å². The van der Waals surface area contributed by atoms with E-state index >= 15 is 0 Å². The van der Waals surface area contributed by atoms with Gasteiger partial charge in [-0.05, 0) is 36.2 Å². The number of amides is 1. The van der Waals surface area contributed by atoms with Gasteiger partial charge in [0.2, 0.25) is 15.9 Å². The molecular weight excluding hydrogens is 416 g/mol. The lowest BCUT2D eigenvalue weighted by Crippen LogP contribution is -2.29. The largest absolute Gasteiger partial charge is 0.489 e. The molecule has 0 saturated heterocycles. The van der Waals surface area contributed by atoms with Gasteiger partial charge in [-0.1, -0.05) is 29.8 Å². The number of sulfonamides is 1. The smallest absolute Gasteiger partial charge is 0.229 e. The van der Waals surface area contributed by atoms with Crippen LogP contribution in [0.25, 0.3) is 0 Å². The molecule has 29 heavy (non-hydrogen) atoms. The Morgan fingerprint density at radius 1 is 1.21 bits per heavy atom. The van der Waals surface area contributed by atoms with Crippen LogP contribution in [0.1, 0.15) is 30.5 Å². The summed E-state index contributed by atoms with van der Waals surface area (Å²) < 4.78 is 36.9. The summed E-state index contributed by atoms with van der Waals surface area (Å²) in [5.74, 6) is 0.813. The van der Waals surface area contributed by atoms with Crippen molar-refractivity contribution in [3.05, 3.63) is 52.5 Å². The van der Waals surface area contributed by atoms with Crippen LogP contribution in [-0.2, 0) is 21.2 Å². The fourth-order valence-corrected chi connectivity index (χ4v) is 3.98. The minimum absolute atomic E-state index is 0.0996. The van der Waals surface area contributed by atoms with Crippen LogP contribution in [0.4, 0.5) is 5.69 Å². The molecule has 2 aromatic rings. The summed E-state index contributed by atoms with van der Waals surface area (Å²) in [5.41, 5.74) is 1.80. The molecule has 1 aliphatic heterocycles. The number of anilines is 1. The molecule has 1 aliphatic rings. The topological polar surface area (TPSA) is 93.7 Å². The molecule has 1 atom stereocenters. The third-order valence-electron chi connectivity index (χ3n) is 4.33. The first-order chi connectivity index (χ1) is 13.7. The van der Waals surface area contributed by atoms with E-state index in [1.165, 1.54) is 0 Å². The van der Waals surface area contributed by atoms with Crippen molar-refractivity contribution in [3.63, 3.8) is 0 Å². The molecule has 1 amide bonds. The molecule has 7 nitrogen and oxygen atoms in total. The van der Waals surface area contributed by atoms with Gasteiger partial charge in [0.05, 0.1) is 42.6 Å². The maximum Gasteiger partial charge on any atom is 0.229 e. The number of fused-ring (bicyclic) bond motifs is 1. The summed E-state index contributed by atoms with van der Waals surface area (Å²) in [6.07, 6.45) is 1.95. The molecule has 9 heteroatoms. The van der Waals surface area contributed by atoms with Gasteiger partial charge in [-0.3, -0.25) is 9.52 Å². The lowest BCUT2D eigenvalue weighted by Gasteiger charge is -2.19. The zero-order chi connectivity index (χ0) is 21.0. The minimum Gasteiger partial charge on any atom is -0.489 e. The molecule has 0 aliphatic carbocycles. The van der Waals surface area contributed by atoms with Crippen molar-refractivity contribution in [2.24, 2.45) is 0 Å². The van der Waals surface area contributed by atoms with E-state index in [-0.39, 0.29) is 12.3 Å². The predicted molar refractivity (Wildman–Crippen MR) is 112 cm³/mol. The van der Waals surface area contributed by atoms with Gasteiger partial charge in [-0.15, -0.1) is 0 Å². The molecule has 0 radical (unpaired) electrons. The zero-order valence-corrected chi connectivity index (χ0v) is 17.8. The third kappa shape index (κ3) is 5.77. The van der Waals surface area contributed by atoms with Gasteiger partial charge < -0.3 is 14.8 Å². The Labute approximate surface area is 175 Å². The summed E-state index contributed by atoms with van der Waals surface area (Å²) in [6, 6.07) is 9.99. The standard InChI is InChI=1S/C20H23ClN2O5S/c1-13(15-6-3-4-7-17(15)23-29(2,25)26)22-19(24)12-14-10-16(21)20-18(11-14)27-8-5-9-28-20/h3-4,6-7,10-11,13,23H,5,8-9,12H2,1-2H3,(H,22,24). The highest BCUT2D eigenvalue weighted by Crippen LogP contribution is 2.38. The summed E-state index contributed by atoms with van der Waals surface area (Å²) in [6.45, 7) is 2.85. The first-order valence-corrected chi connectivity index (χ1v) is 11.4. The number of nitrogens with one attached hydrogen (secondary N) is 2. The molecule has 1 unspecified atom stereocenters. The summed E-state index contributed by atoms with van der Waals surface area (Å²) in [7, 11) is -3.43. The van der Waals surface area contributed by atoms with Crippen LogP contribution in [0.5, 0.6) is 11.5 Å². The SMILES string of the molecule is CC(NC(=O)Cc1cc(Cl)c2c(c1)OCCCO2)c1ccccc1NS(C)(=O)=O. The number of carbonyl (C=O) groups is 1. The number of benzene rings is 2. The molecule has 0 fully saturated rings. The van der Waals surface area contributed by atoms with Gasteiger partial charge in [0.15, 0.2) is 11.5 Å². The van der Waals surface area contributed by atoms with Gasteiger partial charge in [0.25, 0.3) is 0 Å². The Bertz CT molecular complexity index is 1010. The molecule has 156 valence electrons. The van der Waals surface area contributed by atoms with E-state index in [1.807, 2.05) is 0 Å². The summed E-state index contributed by atoms with van der Waals surface area (Å²) in [4.78, 5) is 12.6. The average Bonchev–Trinajstić information content (AvgIpc) is 2.86. The van der Waals surface area contributed by atoms with Crippen molar-refractivity contribution in [1.82, 2.24) is 5.32 Å². The number of rotatable bonds is 6.